The molecule has 0 unspecified atom stereocenters. The van der Waals surface area contributed by atoms with E-state index >= 15 is 0 Å². The summed E-state index contributed by atoms with van der Waals surface area (Å²) in [5.41, 5.74) is 4.92. The summed E-state index contributed by atoms with van der Waals surface area (Å²) in [4.78, 5) is 29.8. The van der Waals surface area contributed by atoms with Gasteiger partial charge in [-0.15, -0.1) is 0 Å². The van der Waals surface area contributed by atoms with E-state index in [2.05, 4.69) is 51.7 Å². The average Bonchev–Trinajstić information content (AvgIpc) is 2.79. The Hall–Kier alpha value is -3.16. The van der Waals surface area contributed by atoms with Gasteiger partial charge in [0.15, 0.2) is 0 Å². The molecule has 1 fully saturated rings. The molecule has 7 heteroatoms. The summed E-state index contributed by atoms with van der Waals surface area (Å²) in [6.45, 7) is 11.3. The molecule has 2 amide bonds. The monoisotopic (exact) mass is 462 g/mol. The summed E-state index contributed by atoms with van der Waals surface area (Å²) in [5.74, 6) is -0.467. The molecule has 34 heavy (non-hydrogen) atoms. The van der Waals surface area contributed by atoms with Crippen LogP contribution in [0.15, 0.2) is 42.5 Å². The SMILES string of the molecule is CN1CCN(Cc2ccc(C3=Cc4c(cccc4C(=O)NC(=O)OC(C)(C)C)CN3)cc2)CC1. The van der Waals surface area contributed by atoms with Crippen LogP contribution >= 0.6 is 0 Å². The van der Waals surface area contributed by atoms with Gasteiger partial charge in [-0.3, -0.25) is 15.0 Å². The number of amides is 2. The molecule has 4 rings (SSSR count). The van der Waals surface area contributed by atoms with Gasteiger partial charge in [0, 0.05) is 50.5 Å². The first-order chi connectivity index (χ1) is 16.2. The van der Waals surface area contributed by atoms with E-state index in [0.717, 1.165) is 55.1 Å². The van der Waals surface area contributed by atoms with E-state index in [1.807, 2.05) is 18.2 Å². The van der Waals surface area contributed by atoms with Crippen LogP contribution in [0, 0.1) is 0 Å². The van der Waals surface area contributed by atoms with Crippen molar-refractivity contribution >= 4 is 23.8 Å². The van der Waals surface area contributed by atoms with E-state index in [4.69, 9.17) is 4.74 Å². The fourth-order valence-corrected chi connectivity index (χ4v) is 4.22. The molecule has 1 saturated heterocycles. The summed E-state index contributed by atoms with van der Waals surface area (Å²) >= 11 is 0. The number of carbonyl (C=O) groups is 2. The number of fused-ring (bicyclic) bond motifs is 1. The molecule has 2 aliphatic heterocycles. The van der Waals surface area contributed by atoms with Crippen molar-refractivity contribution in [3.63, 3.8) is 0 Å². The second kappa shape index (κ2) is 9.99. The molecule has 0 spiro atoms. The summed E-state index contributed by atoms with van der Waals surface area (Å²) < 4.78 is 5.23. The topological polar surface area (TPSA) is 73.9 Å². The van der Waals surface area contributed by atoms with E-state index in [0.29, 0.717) is 12.1 Å². The highest BCUT2D eigenvalue weighted by atomic mass is 16.6. The second-order valence-corrected chi connectivity index (χ2v) is 10.0. The standard InChI is InChI=1S/C27H34N4O3/c1-27(2,3)34-26(33)29-25(32)22-7-5-6-21-17-28-24(16-23(21)22)20-10-8-19(9-11-20)18-31-14-12-30(4)13-15-31/h5-11,16,28H,12-15,17-18H2,1-4H3,(H,29,32,33). The number of hydrogen-bond acceptors (Lipinski definition) is 6. The number of piperazine rings is 1. The highest BCUT2D eigenvalue weighted by Gasteiger charge is 2.22. The summed E-state index contributed by atoms with van der Waals surface area (Å²) in [6.07, 6.45) is 1.24. The molecule has 180 valence electrons. The third kappa shape index (κ3) is 6.04. The zero-order valence-electron chi connectivity index (χ0n) is 20.5. The Kier molecular flexibility index (Phi) is 7.05. The van der Waals surface area contributed by atoms with Gasteiger partial charge >= 0.3 is 6.09 Å². The molecule has 7 nitrogen and oxygen atoms in total. The molecule has 2 aromatic rings. The summed E-state index contributed by atoms with van der Waals surface area (Å²) in [6, 6.07) is 14.1. The number of nitrogens with one attached hydrogen (secondary N) is 2. The lowest BCUT2D eigenvalue weighted by atomic mass is 9.94. The van der Waals surface area contributed by atoms with Gasteiger partial charge in [-0.25, -0.2) is 4.79 Å². The van der Waals surface area contributed by atoms with Crippen molar-refractivity contribution in [3.05, 3.63) is 70.3 Å². The van der Waals surface area contributed by atoms with E-state index in [9.17, 15) is 9.59 Å². The number of rotatable bonds is 4. The number of alkyl carbamates (subject to hydrolysis) is 1. The van der Waals surface area contributed by atoms with Gasteiger partial charge in [0.25, 0.3) is 5.91 Å². The van der Waals surface area contributed by atoms with Crippen molar-refractivity contribution in [2.75, 3.05) is 33.2 Å². The molecular weight excluding hydrogens is 428 g/mol. The van der Waals surface area contributed by atoms with E-state index in [1.54, 1.807) is 26.8 Å². The van der Waals surface area contributed by atoms with E-state index in [-0.39, 0.29) is 0 Å². The van der Waals surface area contributed by atoms with Crippen LogP contribution in [0.1, 0.15) is 53.4 Å². The van der Waals surface area contributed by atoms with Gasteiger partial charge in [0.2, 0.25) is 0 Å². The molecule has 0 aliphatic carbocycles. The fraction of sp³-hybridized carbons (Fsp3) is 0.407. The molecule has 2 N–H and O–H groups in total. The maximum absolute atomic E-state index is 12.8. The quantitative estimate of drug-likeness (QED) is 0.722. The highest BCUT2D eigenvalue weighted by Crippen LogP contribution is 2.27. The first-order valence-electron chi connectivity index (χ1n) is 11.8. The zero-order valence-corrected chi connectivity index (χ0v) is 20.5. The lowest BCUT2D eigenvalue weighted by Crippen LogP contribution is -2.43. The number of ether oxygens (including phenoxy) is 1. The third-order valence-electron chi connectivity index (χ3n) is 6.08. The minimum absolute atomic E-state index is 0.453. The van der Waals surface area contributed by atoms with Crippen LogP contribution in [0.2, 0.25) is 0 Å². The van der Waals surface area contributed by atoms with Crippen LogP contribution in [0.4, 0.5) is 4.79 Å². The Morgan fingerprint density at radius 1 is 1.03 bits per heavy atom. The molecule has 2 aromatic carbocycles. The lowest BCUT2D eigenvalue weighted by molar-refractivity contribution is 0.0508. The number of benzene rings is 2. The van der Waals surface area contributed by atoms with Crippen LogP contribution in [0.3, 0.4) is 0 Å². The summed E-state index contributed by atoms with van der Waals surface area (Å²) in [7, 11) is 2.17. The van der Waals surface area contributed by atoms with Crippen molar-refractivity contribution in [3.8, 4) is 0 Å². The smallest absolute Gasteiger partial charge is 0.414 e. The van der Waals surface area contributed by atoms with Crippen LogP contribution in [-0.4, -0.2) is 60.6 Å². The molecular formula is C27H34N4O3. The van der Waals surface area contributed by atoms with Gasteiger partial charge in [0.05, 0.1) is 0 Å². The number of nitrogens with zero attached hydrogens (tertiary/aromatic N) is 2. The van der Waals surface area contributed by atoms with Crippen LogP contribution in [-0.2, 0) is 17.8 Å². The Morgan fingerprint density at radius 2 is 1.74 bits per heavy atom. The van der Waals surface area contributed by atoms with Gasteiger partial charge in [-0.05, 0) is 62.2 Å². The molecule has 0 saturated carbocycles. The van der Waals surface area contributed by atoms with E-state index < -0.39 is 17.6 Å². The maximum Gasteiger partial charge on any atom is 0.414 e. The van der Waals surface area contributed by atoms with Crippen LogP contribution in [0.25, 0.3) is 11.8 Å². The van der Waals surface area contributed by atoms with Crippen molar-refractivity contribution in [2.45, 2.75) is 39.5 Å². The molecule has 0 radical (unpaired) electrons. The van der Waals surface area contributed by atoms with Gasteiger partial charge in [-0.1, -0.05) is 36.4 Å². The maximum atomic E-state index is 12.8. The highest BCUT2D eigenvalue weighted by molar-refractivity contribution is 6.06. The molecule has 0 aromatic heterocycles. The summed E-state index contributed by atoms with van der Waals surface area (Å²) in [5, 5.41) is 5.81. The van der Waals surface area contributed by atoms with Crippen molar-refractivity contribution in [1.29, 1.82) is 0 Å². The largest absolute Gasteiger partial charge is 0.444 e. The molecule has 0 atom stereocenters. The first-order valence-corrected chi connectivity index (χ1v) is 11.8. The lowest BCUT2D eigenvalue weighted by Gasteiger charge is -2.32. The molecule has 2 heterocycles. The minimum atomic E-state index is -0.746. The van der Waals surface area contributed by atoms with Crippen LogP contribution in [0.5, 0.6) is 0 Å². The van der Waals surface area contributed by atoms with Crippen LogP contribution < -0.4 is 10.6 Å². The molecule has 2 aliphatic rings. The fourth-order valence-electron chi connectivity index (χ4n) is 4.22. The number of imide groups is 1. The number of likely N-dealkylation sites (N-methyl/N-ethyl adjacent to an activating group) is 1. The van der Waals surface area contributed by atoms with E-state index in [1.165, 1.54) is 5.56 Å². The number of carbonyl (C=O) groups excluding carboxylic acids is 2. The van der Waals surface area contributed by atoms with Gasteiger partial charge < -0.3 is 15.0 Å². The van der Waals surface area contributed by atoms with Gasteiger partial charge in [-0.2, -0.15) is 0 Å². The predicted octanol–water partition coefficient (Wildman–Crippen LogP) is 3.70. The Balaban J connectivity index is 1.49. The Labute approximate surface area is 201 Å². The van der Waals surface area contributed by atoms with Crippen molar-refractivity contribution in [1.82, 2.24) is 20.4 Å². The second-order valence-electron chi connectivity index (χ2n) is 10.0. The Bertz CT molecular complexity index is 1080. The number of hydrogen-bond donors (Lipinski definition) is 2. The zero-order chi connectivity index (χ0) is 24.3. The van der Waals surface area contributed by atoms with Crippen molar-refractivity contribution < 1.29 is 14.3 Å². The predicted molar refractivity (Wildman–Crippen MR) is 134 cm³/mol. The minimum Gasteiger partial charge on any atom is -0.444 e. The normalized spacial score (nSPS) is 16.8. The molecule has 0 bridgehead atoms. The van der Waals surface area contributed by atoms with Gasteiger partial charge in [0.1, 0.15) is 5.60 Å². The average molecular weight is 463 g/mol. The Morgan fingerprint density at radius 3 is 2.41 bits per heavy atom. The van der Waals surface area contributed by atoms with Crippen molar-refractivity contribution in [2.24, 2.45) is 0 Å². The third-order valence-corrected chi connectivity index (χ3v) is 6.08. The first kappa shape index (κ1) is 24.0.